The topological polar surface area (TPSA) is 69.9 Å². The van der Waals surface area contributed by atoms with Gasteiger partial charge in [0, 0.05) is 50.7 Å². The van der Waals surface area contributed by atoms with Gasteiger partial charge in [-0.15, -0.1) is 12.4 Å². The van der Waals surface area contributed by atoms with Gasteiger partial charge in [0.2, 0.25) is 5.91 Å². The van der Waals surface area contributed by atoms with Crippen LogP contribution in [-0.4, -0.2) is 61.0 Å². The molecule has 220 valence electrons. The van der Waals surface area contributed by atoms with Gasteiger partial charge in [-0.2, -0.15) is 26.3 Å². The predicted octanol–water partition coefficient (Wildman–Crippen LogP) is 5.51. The zero-order valence-electron chi connectivity index (χ0n) is 21.5. The van der Waals surface area contributed by atoms with E-state index in [-0.39, 0.29) is 49.4 Å². The first kappa shape index (κ1) is 31.5. The molecule has 2 N–H and O–H groups in total. The number of benzene rings is 2. The molecule has 1 saturated carbocycles. The Kier molecular flexibility index (Phi) is 9.00. The monoisotopic (exact) mass is 596 g/mol. The molecule has 1 heterocycles. The second-order valence-electron chi connectivity index (χ2n) is 10.1. The predicted molar refractivity (Wildman–Crippen MR) is 135 cm³/mol. The maximum absolute atomic E-state index is 13.6. The zero-order valence-corrected chi connectivity index (χ0v) is 22.3. The van der Waals surface area contributed by atoms with E-state index in [1.807, 2.05) is 0 Å². The molecule has 2 aliphatic rings. The van der Waals surface area contributed by atoms with E-state index >= 15 is 0 Å². The van der Waals surface area contributed by atoms with Crippen LogP contribution in [0.5, 0.6) is 0 Å². The first-order valence-corrected chi connectivity index (χ1v) is 12.2. The van der Waals surface area contributed by atoms with Gasteiger partial charge in [-0.25, -0.2) is 9.18 Å². The summed E-state index contributed by atoms with van der Waals surface area (Å²) in [5.74, 6) is -1.37. The molecule has 1 aliphatic carbocycles. The average molecular weight is 597 g/mol. The molecule has 0 bridgehead atoms. The van der Waals surface area contributed by atoms with E-state index in [0.29, 0.717) is 35.4 Å². The maximum atomic E-state index is 13.6. The first-order valence-electron chi connectivity index (χ1n) is 12.2. The maximum Gasteiger partial charge on any atom is 0.416 e. The van der Waals surface area contributed by atoms with Crippen molar-refractivity contribution in [3.63, 3.8) is 0 Å². The van der Waals surface area contributed by atoms with E-state index in [4.69, 9.17) is 5.73 Å². The number of alkyl halides is 6. The van der Waals surface area contributed by atoms with Crippen molar-refractivity contribution in [2.75, 3.05) is 32.1 Å². The van der Waals surface area contributed by atoms with Crippen LogP contribution in [-0.2, 0) is 17.1 Å². The Morgan fingerprint density at radius 1 is 0.900 bits per heavy atom. The van der Waals surface area contributed by atoms with Gasteiger partial charge in [-0.3, -0.25) is 9.69 Å². The van der Waals surface area contributed by atoms with Crippen molar-refractivity contribution in [3.05, 3.63) is 65.0 Å². The van der Waals surface area contributed by atoms with Crippen LogP contribution in [0.25, 0.3) is 0 Å². The number of amides is 3. The minimum Gasteiger partial charge on any atom is -0.340 e. The summed E-state index contributed by atoms with van der Waals surface area (Å²) >= 11 is 0. The molecule has 0 unspecified atom stereocenters. The van der Waals surface area contributed by atoms with Crippen LogP contribution in [0.2, 0.25) is 0 Å². The average Bonchev–Trinajstić information content (AvgIpc) is 3.29. The number of urea groups is 1. The van der Waals surface area contributed by atoms with Gasteiger partial charge in [0.15, 0.2) is 0 Å². The number of anilines is 1. The van der Waals surface area contributed by atoms with Crippen LogP contribution in [0.4, 0.5) is 41.2 Å². The molecule has 1 saturated heterocycles. The van der Waals surface area contributed by atoms with Crippen LogP contribution in [0.15, 0.2) is 42.5 Å². The van der Waals surface area contributed by atoms with E-state index < -0.39 is 53.0 Å². The van der Waals surface area contributed by atoms with E-state index in [2.05, 4.69) is 0 Å². The second-order valence-corrected chi connectivity index (χ2v) is 10.1. The van der Waals surface area contributed by atoms with Gasteiger partial charge in [-0.05, 0) is 48.7 Å². The Bertz CT molecular complexity index is 1200. The third-order valence-corrected chi connectivity index (χ3v) is 7.47. The summed E-state index contributed by atoms with van der Waals surface area (Å²) in [4.78, 5) is 29.9. The summed E-state index contributed by atoms with van der Waals surface area (Å²) in [5, 5.41) is 0. The molecule has 2 fully saturated rings. The van der Waals surface area contributed by atoms with E-state index in [1.165, 1.54) is 36.2 Å². The van der Waals surface area contributed by atoms with Gasteiger partial charge in [0.05, 0.1) is 17.2 Å². The highest BCUT2D eigenvalue weighted by molar-refractivity contribution is 5.92. The number of carbonyl (C=O) groups excluding carboxylic acids is 2. The first-order chi connectivity index (χ1) is 18.1. The second kappa shape index (κ2) is 11.4. The smallest absolute Gasteiger partial charge is 0.340 e. The lowest BCUT2D eigenvalue weighted by Crippen LogP contribution is -2.49. The fourth-order valence-corrected chi connectivity index (χ4v) is 5.14. The molecule has 2 aromatic carbocycles. The van der Waals surface area contributed by atoms with Crippen molar-refractivity contribution in [3.8, 4) is 0 Å². The molecule has 14 heteroatoms. The molecule has 0 aromatic heterocycles. The van der Waals surface area contributed by atoms with Crippen molar-refractivity contribution >= 4 is 30.0 Å². The van der Waals surface area contributed by atoms with Crippen molar-refractivity contribution in [1.82, 2.24) is 9.80 Å². The summed E-state index contributed by atoms with van der Waals surface area (Å²) in [6, 6.07) is 4.81. The van der Waals surface area contributed by atoms with Gasteiger partial charge in [0.25, 0.3) is 0 Å². The third kappa shape index (κ3) is 6.46. The Hall–Kier alpha value is -3.06. The lowest BCUT2D eigenvalue weighted by molar-refractivity contribution is -0.143. The molecule has 6 nitrogen and oxygen atoms in total. The summed E-state index contributed by atoms with van der Waals surface area (Å²) < 4.78 is 93.7. The highest BCUT2D eigenvalue weighted by Gasteiger charge is 2.44. The standard InChI is InChI=1S/C26H27F7N4O2.ClH/c1-35(20-10-16(25(28,29)30)9-17(11-20)26(31,32)33)24(39)36(2)22-13-37(23(38)15-7-19(34)8-15)12-21(22)14-3-5-18(27)6-4-14;/h3-6,9-11,15,19,21-22H,7-8,12-13,34H2,1-2H3;1H/t15-,19-,21-,22+;/m0./s1. The molecule has 2 aromatic rings. The fourth-order valence-electron chi connectivity index (χ4n) is 5.14. The minimum absolute atomic E-state index is 0. The van der Waals surface area contributed by atoms with E-state index in [1.54, 1.807) is 4.90 Å². The summed E-state index contributed by atoms with van der Waals surface area (Å²) in [6.45, 7) is 0.281. The Morgan fingerprint density at radius 3 is 1.90 bits per heavy atom. The van der Waals surface area contributed by atoms with Crippen LogP contribution in [0.1, 0.15) is 35.4 Å². The van der Waals surface area contributed by atoms with Crippen LogP contribution >= 0.6 is 12.4 Å². The van der Waals surface area contributed by atoms with Crippen molar-refractivity contribution < 1.29 is 40.3 Å². The molecule has 0 spiro atoms. The highest BCUT2D eigenvalue weighted by Crippen LogP contribution is 2.39. The van der Waals surface area contributed by atoms with E-state index in [0.717, 1.165) is 7.05 Å². The number of nitrogens with zero attached hydrogens (tertiary/aromatic N) is 3. The lowest BCUT2D eigenvalue weighted by atomic mass is 9.80. The molecule has 1 aliphatic heterocycles. The Morgan fingerprint density at radius 2 is 1.43 bits per heavy atom. The minimum atomic E-state index is -5.07. The highest BCUT2D eigenvalue weighted by atomic mass is 35.5. The SMILES string of the molecule is CN(C(=O)N(C)[C@@H]1CN(C(=O)[C@H]2C[C@H](N)C2)C[C@H]1c1ccc(F)cc1)c1cc(C(F)(F)F)cc(C(F)(F)F)c1.Cl. The van der Waals surface area contributed by atoms with Gasteiger partial charge < -0.3 is 15.5 Å². The number of carbonyl (C=O) groups is 2. The van der Waals surface area contributed by atoms with Gasteiger partial charge in [0.1, 0.15) is 5.82 Å². The summed E-state index contributed by atoms with van der Waals surface area (Å²) in [6.07, 6.45) is -9.10. The van der Waals surface area contributed by atoms with Gasteiger partial charge >= 0.3 is 18.4 Å². The normalized spacial score (nSPS) is 22.8. The molecule has 4 rings (SSSR count). The van der Waals surface area contributed by atoms with E-state index in [9.17, 15) is 40.3 Å². The summed E-state index contributed by atoms with van der Waals surface area (Å²) in [7, 11) is 2.44. The van der Waals surface area contributed by atoms with Crippen molar-refractivity contribution in [2.24, 2.45) is 11.7 Å². The zero-order chi connectivity index (χ0) is 28.9. The molecule has 0 radical (unpaired) electrons. The number of likely N-dealkylation sites (tertiary alicyclic amines) is 1. The Balaban J connectivity index is 0.00000441. The molecule has 40 heavy (non-hydrogen) atoms. The lowest BCUT2D eigenvalue weighted by Gasteiger charge is -2.35. The summed E-state index contributed by atoms with van der Waals surface area (Å²) in [5.41, 5.74) is 2.75. The Labute approximate surface area is 232 Å². The number of hydrogen-bond donors (Lipinski definition) is 1. The number of halogens is 8. The molecule has 2 atom stereocenters. The van der Waals surface area contributed by atoms with Crippen molar-refractivity contribution in [2.45, 2.75) is 43.2 Å². The largest absolute Gasteiger partial charge is 0.416 e. The van der Waals surface area contributed by atoms with Crippen LogP contribution < -0.4 is 10.6 Å². The third-order valence-electron chi connectivity index (χ3n) is 7.47. The molecular formula is C26H28ClF7N4O2. The molecular weight excluding hydrogens is 569 g/mol. The molecule has 3 amide bonds. The fraction of sp³-hybridized carbons (Fsp3) is 0.462. The number of hydrogen-bond acceptors (Lipinski definition) is 3. The number of nitrogens with two attached hydrogens (primary N) is 1. The van der Waals surface area contributed by atoms with Gasteiger partial charge in [-0.1, -0.05) is 12.1 Å². The van der Waals surface area contributed by atoms with Crippen LogP contribution in [0, 0.1) is 11.7 Å². The van der Waals surface area contributed by atoms with Crippen molar-refractivity contribution in [1.29, 1.82) is 0 Å². The number of rotatable bonds is 4. The number of likely N-dealkylation sites (N-methyl/N-ethyl adjacent to an activating group) is 1. The van der Waals surface area contributed by atoms with Crippen LogP contribution in [0.3, 0.4) is 0 Å². The quantitative estimate of drug-likeness (QED) is 0.474.